The molecule has 2 fully saturated rings. The van der Waals surface area contributed by atoms with Crippen LogP contribution in [0.2, 0.25) is 0 Å². The van der Waals surface area contributed by atoms with E-state index in [4.69, 9.17) is 18.9 Å². The van der Waals surface area contributed by atoms with Crippen molar-refractivity contribution < 1.29 is 28.3 Å². The van der Waals surface area contributed by atoms with Crippen molar-refractivity contribution in [3.8, 4) is 0 Å². The Morgan fingerprint density at radius 1 is 1.69 bits per heavy atom. The molecule has 5 atom stereocenters. The van der Waals surface area contributed by atoms with Crippen LogP contribution in [-0.4, -0.2) is 48.3 Å². The Hall–Kier alpha value is -0.385. The number of phosphoric acid groups is 1. The van der Waals surface area contributed by atoms with Gasteiger partial charge in [0.05, 0.1) is 12.6 Å². The van der Waals surface area contributed by atoms with Crippen LogP contribution in [0.15, 0.2) is 18.4 Å². The van der Waals surface area contributed by atoms with Gasteiger partial charge >= 0.3 is 7.82 Å². The predicted octanol–water partition coefficient (Wildman–Crippen LogP) is -1.07. The molecule has 0 saturated carbocycles. The lowest BCUT2D eigenvalue weighted by molar-refractivity contribution is -0.00511. The van der Waals surface area contributed by atoms with E-state index in [1.807, 2.05) is 0 Å². The van der Waals surface area contributed by atoms with Gasteiger partial charge in [0.1, 0.15) is 20.1 Å². The normalized spacial score (nSPS) is 51.0. The van der Waals surface area contributed by atoms with Gasteiger partial charge in [0.2, 0.25) is 0 Å². The number of hydrogen-bond donors (Lipinski definition) is 2. The minimum Gasteiger partial charge on any atom is -0.394 e. The number of ether oxygens (including phenoxy) is 1. The zero-order valence-corrected chi connectivity index (χ0v) is 9.59. The van der Waals surface area contributed by atoms with Crippen LogP contribution in [0.25, 0.3) is 0 Å². The molecule has 16 heavy (non-hydrogen) atoms. The standard InChI is InChI=1S/C8H12BO6P/c1-2-3-8-6(14-16(11,12)15-8)5(4-10)13-7(8)9/h3,5-7,10H,1,4,9H2,(H,11,12)/t5-,6+,7-,8?/m1/s1. The molecule has 88 valence electrons. The third-order valence-corrected chi connectivity index (χ3v) is 3.86. The van der Waals surface area contributed by atoms with Gasteiger partial charge < -0.3 is 14.7 Å². The topological polar surface area (TPSA) is 85.2 Å². The Balaban J connectivity index is 2.43. The highest BCUT2D eigenvalue weighted by atomic mass is 31.2. The molecular weight excluding hydrogens is 234 g/mol. The van der Waals surface area contributed by atoms with Gasteiger partial charge in [-0.15, -0.1) is 5.73 Å². The summed E-state index contributed by atoms with van der Waals surface area (Å²) in [5, 5.41) is 9.10. The molecule has 0 aromatic carbocycles. The lowest BCUT2D eigenvalue weighted by atomic mass is 9.80. The maximum atomic E-state index is 11.4. The number of aliphatic hydroxyl groups excluding tert-OH is 1. The quantitative estimate of drug-likeness (QED) is 0.366. The van der Waals surface area contributed by atoms with Crippen molar-refractivity contribution in [1.29, 1.82) is 0 Å². The van der Waals surface area contributed by atoms with Crippen LogP contribution in [0.5, 0.6) is 0 Å². The molecule has 2 aliphatic heterocycles. The first kappa shape index (κ1) is 12.1. The average Bonchev–Trinajstić information content (AvgIpc) is 2.58. The minimum atomic E-state index is -4.09. The molecule has 2 unspecified atom stereocenters. The van der Waals surface area contributed by atoms with E-state index in [1.54, 1.807) is 7.85 Å². The Morgan fingerprint density at radius 3 is 2.94 bits per heavy atom. The van der Waals surface area contributed by atoms with Gasteiger partial charge in [0.25, 0.3) is 0 Å². The summed E-state index contributed by atoms with van der Waals surface area (Å²) >= 11 is 0. The maximum Gasteiger partial charge on any atom is 0.473 e. The molecule has 0 aromatic rings. The summed E-state index contributed by atoms with van der Waals surface area (Å²) in [7, 11) is -2.42. The summed E-state index contributed by atoms with van der Waals surface area (Å²) in [6.45, 7) is 3.09. The smallest absolute Gasteiger partial charge is 0.394 e. The summed E-state index contributed by atoms with van der Waals surface area (Å²) in [6, 6.07) is -0.521. The molecule has 0 amide bonds. The Kier molecular flexibility index (Phi) is 2.89. The van der Waals surface area contributed by atoms with Gasteiger partial charge in [-0.3, -0.25) is 9.05 Å². The zero-order chi connectivity index (χ0) is 12.0. The zero-order valence-electron chi connectivity index (χ0n) is 8.70. The molecule has 8 heteroatoms. The van der Waals surface area contributed by atoms with Gasteiger partial charge in [0, 0.05) is 0 Å². The average molecular weight is 246 g/mol. The SMILES string of the molecule is B[C@@H]1O[C@H](CO)[C@@H]2OP(=O)(O)OC12C=C=C. The van der Waals surface area contributed by atoms with Gasteiger partial charge in [-0.2, -0.15) is 0 Å². The Bertz CT molecular complexity index is 394. The second-order valence-corrected chi connectivity index (χ2v) is 5.12. The molecule has 2 rings (SSSR count). The largest absolute Gasteiger partial charge is 0.473 e. The maximum absolute atomic E-state index is 11.4. The third-order valence-electron chi connectivity index (χ3n) is 2.82. The number of rotatable bonds is 2. The number of phosphoric ester groups is 1. The van der Waals surface area contributed by atoms with Crippen LogP contribution in [0.1, 0.15) is 0 Å². The van der Waals surface area contributed by atoms with E-state index in [-0.39, 0.29) is 6.61 Å². The van der Waals surface area contributed by atoms with Gasteiger partial charge in [-0.25, -0.2) is 4.57 Å². The van der Waals surface area contributed by atoms with Crippen LogP contribution < -0.4 is 0 Å². The highest BCUT2D eigenvalue weighted by Gasteiger charge is 2.64. The lowest BCUT2D eigenvalue weighted by Crippen LogP contribution is -2.44. The summed E-state index contributed by atoms with van der Waals surface area (Å²) in [4.78, 5) is 9.33. The lowest BCUT2D eigenvalue weighted by Gasteiger charge is -2.23. The fraction of sp³-hybridized carbons (Fsp3) is 0.625. The van der Waals surface area contributed by atoms with E-state index in [2.05, 4.69) is 12.3 Å². The molecule has 2 N–H and O–H groups in total. The first-order valence-corrected chi connectivity index (χ1v) is 6.30. The molecule has 2 heterocycles. The fourth-order valence-electron chi connectivity index (χ4n) is 2.13. The van der Waals surface area contributed by atoms with Gasteiger partial charge in [-0.1, -0.05) is 6.58 Å². The number of aliphatic hydroxyl groups is 1. The molecule has 0 aromatic heterocycles. The Labute approximate surface area is 93.5 Å². The van der Waals surface area contributed by atoms with E-state index in [0.29, 0.717) is 0 Å². The highest BCUT2D eigenvalue weighted by molar-refractivity contribution is 7.47. The third kappa shape index (κ3) is 1.62. The van der Waals surface area contributed by atoms with Crippen molar-refractivity contribution in [3.05, 3.63) is 18.4 Å². The van der Waals surface area contributed by atoms with Crippen molar-refractivity contribution in [2.75, 3.05) is 6.61 Å². The van der Waals surface area contributed by atoms with Crippen LogP contribution in [-0.2, 0) is 18.3 Å². The molecule has 0 bridgehead atoms. The van der Waals surface area contributed by atoms with Crippen molar-refractivity contribution in [2.24, 2.45) is 0 Å². The minimum absolute atomic E-state index is 0.314. The van der Waals surface area contributed by atoms with E-state index in [0.717, 1.165) is 0 Å². The van der Waals surface area contributed by atoms with Gasteiger partial charge in [0.15, 0.2) is 5.60 Å². The summed E-state index contributed by atoms with van der Waals surface area (Å²) < 4.78 is 26.8. The molecule has 6 nitrogen and oxygen atoms in total. The molecule has 2 aliphatic rings. The second kappa shape index (κ2) is 3.82. The van der Waals surface area contributed by atoms with Crippen LogP contribution in [0.4, 0.5) is 0 Å². The molecular formula is C8H12BO6P. The second-order valence-electron chi connectivity index (χ2n) is 3.79. The van der Waals surface area contributed by atoms with Crippen molar-refractivity contribution >= 4 is 15.7 Å². The number of fused-ring (bicyclic) bond motifs is 1. The molecule has 2 saturated heterocycles. The number of hydrogen-bond acceptors (Lipinski definition) is 5. The van der Waals surface area contributed by atoms with E-state index in [1.165, 1.54) is 6.08 Å². The first-order valence-electron chi connectivity index (χ1n) is 4.80. The summed E-state index contributed by atoms with van der Waals surface area (Å²) in [5.41, 5.74) is 1.32. The first-order chi connectivity index (χ1) is 7.45. The monoisotopic (exact) mass is 246 g/mol. The van der Waals surface area contributed by atoms with Crippen molar-refractivity contribution in [2.45, 2.75) is 23.8 Å². The molecule has 0 spiro atoms. The van der Waals surface area contributed by atoms with Crippen LogP contribution in [0.3, 0.4) is 0 Å². The Morgan fingerprint density at radius 2 is 2.38 bits per heavy atom. The predicted molar refractivity (Wildman–Crippen MR) is 56.5 cm³/mol. The van der Waals surface area contributed by atoms with Crippen LogP contribution in [0, 0.1) is 0 Å². The van der Waals surface area contributed by atoms with Gasteiger partial charge in [-0.05, 0) is 6.08 Å². The molecule has 0 aliphatic carbocycles. The molecule has 0 radical (unpaired) electrons. The highest BCUT2D eigenvalue weighted by Crippen LogP contribution is 2.61. The van der Waals surface area contributed by atoms with Crippen molar-refractivity contribution in [3.63, 3.8) is 0 Å². The van der Waals surface area contributed by atoms with E-state index < -0.39 is 31.6 Å². The van der Waals surface area contributed by atoms with E-state index >= 15 is 0 Å². The van der Waals surface area contributed by atoms with E-state index in [9.17, 15) is 9.46 Å². The summed E-state index contributed by atoms with van der Waals surface area (Å²) in [5.74, 6) is 0. The van der Waals surface area contributed by atoms with Crippen molar-refractivity contribution in [1.82, 2.24) is 0 Å². The van der Waals surface area contributed by atoms with Crippen LogP contribution >= 0.6 is 7.82 Å². The fourth-order valence-corrected chi connectivity index (χ4v) is 3.46. The summed E-state index contributed by atoms with van der Waals surface area (Å²) in [6.07, 6.45) is -0.103.